The van der Waals surface area contributed by atoms with E-state index < -0.39 is 0 Å². The molecular formula is C17H19N. The van der Waals surface area contributed by atoms with Gasteiger partial charge < -0.3 is 5.73 Å². The lowest BCUT2D eigenvalue weighted by atomic mass is 9.96. The Morgan fingerprint density at radius 1 is 0.667 bits per heavy atom. The molecule has 1 heteroatoms. The van der Waals surface area contributed by atoms with Crippen molar-refractivity contribution >= 4 is 27.2 Å². The van der Waals surface area contributed by atoms with Gasteiger partial charge in [-0.25, -0.2) is 0 Å². The molecule has 0 aliphatic heterocycles. The molecule has 0 radical (unpaired) electrons. The number of aryl methyl sites for hydroxylation is 1. The van der Waals surface area contributed by atoms with Crippen LogP contribution in [-0.2, 0) is 0 Å². The number of nitrogens with two attached hydrogens (primary N) is 1. The van der Waals surface area contributed by atoms with Gasteiger partial charge in [0.15, 0.2) is 0 Å². The maximum absolute atomic E-state index is 6.22. The first kappa shape index (κ1) is 12.4. The minimum atomic E-state index is 0.886. The first-order chi connectivity index (χ1) is 8.79. The monoisotopic (exact) mass is 237 g/mol. The van der Waals surface area contributed by atoms with Gasteiger partial charge >= 0.3 is 0 Å². The van der Waals surface area contributed by atoms with E-state index in [1.165, 1.54) is 16.3 Å². The summed E-state index contributed by atoms with van der Waals surface area (Å²) in [4.78, 5) is 0. The lowest BCUT2D eigenvalue weighted by molar-refractivity contribution is 1.50. The Balaban J connectivity index is 0.000000574. The van der Waals surface area contributed by atoms with Crippen LogP contribution >= 0.6 is 0 Å². The smallest absolute Gasteiger partial charge is 0.0473 e. The zero-order valence-corrected chi connectivity index (χ0v) is 11.2. The Labute approximate surface area is 108 Å². The van der Waals surface area contributed by atoms with E-state index in [2.05, 4.69) is 43.3 Å². The summed E-state index contributed by atoms with van der Waals surface area (Å²) in [5, 5.41) is 4.80. The molecule has 0 aliphatic carbocycles. The second-order valence-corrected chi connectivity index (χ2v) is 4.13. The van der Waals surface area contributed by atoms with E-state index in [0.29, 0.717) is 0 Å². The number of nitrogen functional groups attached to an aromatic ring is 1. The topological polar surface area (TPSA) is 26.0 Å². The molecule has 18 heavy (non-hydrogen) atoms. The van der Waals surface area contributed by atoms with Gasteiger partial charge in [-0.15, -0.1) is 0 Å². The van der Waals surface area contributed by atoms with Gasteiger partial charge in [0.2, 0.25) is 0 Å². The zero-order chi connectivity index (χ0) is 13.1. The largest absolute Gasteiger partial charge is 0.398 e. The van der Waals surface area contributed by atoms with E-state index in [9.17, 15) is 0 Å². The van der Waals surface area contributed by atoms with Gasteiger partial charge in [-0.3, -0.25) is 0 Å². The number of rotatable bonds is 0. The van der Waals surface area contributed by atoms with Gasteiger partial charge in [-0.2, -0.15) is 0 Å². The van der Waals surface area contributed by atoms with Crippen molar-refractivity contribution in [2.45, 2.75) is 20.8 Å². The summed E-state index contributed by atoms with van der Waals surface area (Å²) < 4.78 is 0. The highest BCUT2D eigenvalue weighted by Crippen LogP contribution is 2.33. The summed E-state index contributed by atoms with van der Waals surface area (Å²) in [5.41, 5.74) is 8.42. The maximum atomic E-state index is 6.22. The minimum Gasteiger partial charge on any atom is -0.398 e. The van der Waals surface area contributed by atoms with Crippen LogP contribution in [0.4, 0.5) is 5.69 Å². The fourth-order valence-electron chi connectivity index (χ4n) is 2.38. The van der Waals surface area contributed by atoms with Crippen LogP contribution in [0, 0.1) is 6.92 Å². The van der Waals surface area contributed by atoms with Crippen LogP contribution in [0.15, 0.2) is 48.5 Å². The predicted molar refractivity (Wildman–Crippen MR) is 82.0 cm³/mol. The number of benzene rings is 3. The molecule has 2 N–H and O–H groups in total. The number of hydrogen-bond acceptors (Lipinski definition) is 1. The van der Waals surface area contributed by atoms with Crippen LogP contribution in [0.1, 0.15) is 19.4 Å². The summed E-state index contributed by atoms with van der Waals surface area (Å²) in [6.07, 6.45) is 0. The molecule has 0 saturated carbocycles. The van der Waals surface area contributed by atoms with Crippen molar-refractivity contribution in [3.63, 3.8) is 0 Å². The van der Waals surface area contributed by atoms with Crippen LogP contribution in [-0.4, -0.2) is 0 Å². The fraction of sp³-hybridized carbons (Fsp3) is 0.176. The van der Waals surface area contributed by atoms with Crippen molar-refractivity contribution in [3.05, 3.63) is 54.1 Å². The molecule has 0 fully saturated rings. The second-order valence-electron chi connectivity index (χ2n) is 4.13. The molecule has 0 saturated heterocycles. The molecule has 3 aromatic rings. The van der Waals surface area contributed by atoms with Crippen LogP contribution < -0.4 is 5.73 Å². The lowest BCUT2D eigenvalue weighted by Crippen LogP contribution is -1.92. The highest BCUT2D eigenvalue weighted by atomic mass is 14.6. The van der Waals surface area contributed by atoms with Crippen LogP contribution in [0.2, 0.25) is 0 Å². The molecule has 0 aliphatic rings. The summed E-state index contributed by atoms with van der Waals surface area (Å²) >= 11 is 0. The second kappa shape index (κ2) is 5.09. The molecule has 0 amide bonds. The first-order valence-electron chi connectivity index (χ1n) is 6.44. The molecule has 3 rings (SSSR count). The van der Waals surface area contributed by atoms with E-state index in [4.69, 9.17) is 5.73 Å². The molecular weight excluding hydrogens is 218 g/mol. The van der Waals surface area contributed by atoms with E-state index in [1.54, 1.807) is 0 Å². The molecule has 0 heterocycles. The molecule has 0 atom stereocenters. The van der Waals surface area contributed by atoms with Crippen molar-refractivity contribution in [3.8, 4) is 0 Å². The summed E-state index contributed by atoms with van der Waals surface area (Å²) in [6, 6.07) is 16.6. The fourth-order valence-corrected chi connectivity index (χ4v) is 2.38. The van der Waals surface area contributed by atoms with Crippen LogP contribution in [0.25, 0.3) is 21.5 Å². The normalized spacial score (nSPS) is 10.2. The third-order valence-corrected chi connectivity index (χ3v) is 3.24. The van der Waals surface area contributed by atoms with Gasteiger partial charge in [0.1, 0.15) is 0 Å². The van der Waals surface area contributed by atoms with Gasteiger partial charge in [0.05, 0.1) is 0 Å². The van der Waals surface area contributed by atoms with Crippen LogP contribution in [0.5, 0.6) is 0 Å². The van der Waals surface area contributed by atoms with Crippen molar-refractivity contribution in [2.75, 3.05) is 5.73 Å². The van der Waals surface area contributed by atoms with Gasteiger partial charge in [0.25, 0.3) is 0 Å². The first-order valence-corrected chi connectivity index (χ1v) is 6.44. The Morgan fingerprint density at radius 3 is 1.39 bits per heavy atom. The lowest BCUT2D eigenvalue weighted by Gasteiger charge is -2.10. The average Bonchev–Trinajstić information content (AvgIpc) is 2.47. The number of hydrogen-bond donors (Lipinski definition) is 1. The maximum Gasteiger partial charge on any atom is 0.0473 e. The van der Waals surface area contributed by atoms with Crippen LogP contribution in [0.3, 0.4) is 0 Å². The highest BCUT2D eigenvalue weighted by Gasteiger charge is 2.07. The van der Waals surface area contributed by atoms with Gasteiger partial charge in [-0.1, -0.05) is 62.4 Å². The molecule has 3 aromatic carbocycles. The molecule has 92 valence electrons. The van der Waals surface area contributed by atoms with E-state index in [1.807, 2.05) is 26.0 Å². The van der Waals surface area contributed by atoms with E-state index >= 15 is 0 Å². The van der Waals surface area contributed by atoms with Crippen molar-refractivity contribution < 1.29 is 0 Å². The minimum absolute atomic E-state index is 0.886. The third-order valence-electron chi connectivity index (χ3n) is 3.24. The Bertz CT molecular complexity index is 567. The van der Waals surface area contributed by atoms with Crippen molar-refractivity contribution in [2.24, 2.45) is 0 Å². The number of fused-ring (bicyclic) bond motifs is 2. The standard InChI is InChI=1S/C15H13N.C2H6/c1-10-11-6-2-4-8-13(11)15(16)14-9-5-3-7-12(10)14;1-2/h2-9H,16H2,1H3;1-2H3. The quantitative estimate of drug-likeness (QED) is 0.436. The zero-order valence-electron chi connectivity index (χ0n) is 11.2. The van der Waals surface area contributed by atoms with E-state index in [0.717, 1.165) is 16.5 Å². The summed E-state index contributed by atoms with van der Waals surface area (Å²) in [5.74, 6) is 0. The summed E-state index contributed by atoms with van der Waals surface area (Å²) in [6.45, 7) is 6.16. The predicted octanol–water partition coefficient (Wildman–Crippen LogP) is 4.91. The van der Waals surface area contributed by atoms with Gasteiger partial charge in [-0.05, 0) is 23.3 Å². The molecule has 0 bridgehead atoms. The SMILES string of the molecule is CC.Cc1c2ccccc2c(N)c2ccccc12. The Morgan fingerprint density at radius 2 is 1.00 bits per heavy atom. The highest BCUT2D eigenvalue weighted by molar-refractivity contribution is 6.12. The molecule has 0 spiro atoms. The van der Waals surface area contributed by atoms with Gasteiger partial charge in [0, 0.05) is 16.5 Å². The number of anilines is 1. The Kier molecular flexibility index (Phi) is 3.52. The molecule has 0 unspecified atom stereocenters. The van der Waals surface area contributed by atoms with Crippen molar-refractivity contribution in [1.82, 2.24) is 0 Å². The Hall–Kier alpha value is -2.02. The van der Waals surface area contributed by atoms with E-state index in [-0.39, 0.29) is 0 Å². The van der Waals surface area contributed by atoms with Crippen molar-refractivity contribution in [1.29, 1.82) is 0 Å². The average molecular weight is 237 g/mol. The molecule has 1 nitrogen and oxygen atoms in total. The third kappa shape index (κ3) is 1.82. The summed E-state index contributed by atoms with van der Waals surface area (Å²) in [7, 11) is 0. The molecule has 0 aromatic heterocycles.